The van der Waals surface area contributed by atoms with Crippen LogP contribution in [0.1, 0.15) is 33.1 Å². The third kappa shape index (κ3) is 3.94. The Hall–Kier alpha value is -1.59. The van der Waals surface area contributed by atoms with Gasteiger partial charge in [0.2, 0.25) is 0 Å². The topological polar surface area (TPSA) is 89.9 Å². The Labute approximate surface area is 112 Å². The van der Waals surface area contributed by atoms with Gasteiger partial charge in [-0.2, -0.15) is 0 Å². The summed E-state index contributed by atoms with van der Waals surface area (Å²) < 4.78 is 9.87. The third-order valence-electron chi connectivity index (χ3n) is 3.38. The Kier molecular flexibility index (Phi) is 5.79. The lowest BCUT2D eigenvalue weighted by Crippen LogP contribution is -2.39. The first kappa shape index (κ1) is 15.5. The highest BCUT2D eigenvalue weighted by Crippen LogP contribution is 2.35. The minimum absolute atomic E-state index is 0.137. The Morgan fingerprint density at radius 3 is 2.00 bits per heavy atom. The fourth-order valence-electron chi connectivity index (χ4n) is 2.44. The molecule has 0 bridgehead atoms. The zero-order chi connectivity index (χ0) is 14.4. The molecular weight excluding hydrogens is 252 g/mol. The van der Waals surface area contributed by atoms with Crippen LogP contribution in [0, 0.1) is 17.8 Å². The number of carboxylic acids is 1. The molecule has 3 unspecified atom stereocenters. The fraction of sp³-hybridized carbons (Fsp3) is 0.769. The van der Waals surface area contributed by atoms with Gasteiger partial charge >= 0.3 is 17.9 Å². The number of carbonyl (C=O) groups excluding carboxylic acids is 2. The van der Waals surface area contributed by atoms with Crippen molar-refractivity contribution in [2.75, 3.05) is 13.2 Å². The smallest absolute Gasteiger partial charge is 0.309 e. The van der Waals surface area contributed by atoms with Crippen LogP contribution < -0.4 is 0 Å². The van der Waals surface area contributed by atoms with Gasteiger partial charge < -0.3 is 14.6 Å². The zero-order valence-electron chi connectivity index (χ0n) is 11.3. The molecule has 1 N–H and O–H groups in total. The van der Waals surface area contributed by atoms with Crippen LogP contribution in [0.5, 0.6) is 0 Å². The van der Waals surface area contributed by atoms with Gasteiger partial charge in [-0.3, -0.25) is 14.4 Å². The number of hydrogen-bond donors (Lipinski definition) is 1. The highest BCUT2D eigenvalue weighted by molar-refractivity contribution is 5.83. The third-order valence-corrected chi connectivity index (χ3v) is 3.38. The van der Waals surface area contributed by atoms with Crippen molar-refractivity contribution in [3.8, 4) is 0 Å². The Morgan fingerprint density at radius 1 is 1.00 bits per heavy atom. The van der Waals surface area contributed by atoms with Crippen LogP contribution in [0.3, 0.4) is 0 Å². The second-order valence-corrected chi connectivity index (χ2v) is 4.57. The molecule has 0 aliphatic heterocycles. The molecule has 0 spiro atoms. The van der Waals surface area contributed by atoms with E-state index in [0.29, 0.717) is 12.8 Å². The molecular formula is C13H20O6. The van der Waals surface area contributed by atoms with Gasteiger partial charge in [-0.1, -0.05) is 0 Å². The molecule has 0 amide bonds. The molecule has 0 aromatic heterocycles. The Bertz CT molecular complexity index is 351. The highest BCUT2D eigenvalue weighted by Gasteiger charge is 2.42. The molecule has 6 nitrogen and oxygen atoms in total. The molecule has 1 fully saturated rings. The summed E-state index contributed by atoms with van der Waals surface area (Å²) in [4.78, 5) is 34.7. The zero-order valence-corrected chi connectivity index (χ0v) is 11.3. The lowest BCUT2D eigenvalue weighted by molar-refractivity contribution is -0.165. The number of carbonyl (C=O) groups is 3. The lowest BCUT2D eigenvalue weighted by Gasteiger charge is -2.31. The van der Waals surface area contributed by atoms with Crippen LogP contribution in [-0.2, 0) is 23.9 Å². The maximum atomic E-state index is 11.9. The van der Waals surface area contributed by atoms with Crippen molar-refractivity contribution < 1.29 is 29.0 Å². The van der Waals surface area contributed by atoms with E-state index in [0.717, 1.165) is 0 Å². The maximum Gasteiger partial charge on any atom is 0.309 e. The van der Waals surface area contributed by atoms with E-state index in [2.05, 4.69) is 0 Å². The predicted molar refractivity (Wildman–Crippen MR) is 65.2 cm³/mol. The molecule has 108 valence electrons. The normalized spacial score (nSPS) is 26.5. The van der Waals surface area contributed by atoms with E-state index in [9.17, 15) is 14.4 Å². The standard InChI is InChI=1S/C13H20O6/c1-3-18-12(16)9-6-5-8(11(14)15)7-10(9)13(17)19-4-2/h8-10H,3-7H2,1-2H3,(H,14,15). The van der Waals surface area contributed by atoms with Crippen LogP contribution in [0.2, 0.25) is 0 Å². The number of rotatable bonds is 5. The van der Waals surface area contributed by atoms with E-state index in [1.807, 2.05) is 0 Å². The summed E-state index contributed by atoms with van der Waals surface area (Å²) in [5, 5.41) is 9.03. The largest absolute Gasteiger partial charge is 0.481 e. The summed E-state index contributed by atoms with van der Waals surface area (Å²) in [5.41, 5.74) is 0. The first-order chi connectivity index (χ1) is 9.01. The van der Waals surface area contributed by atoms with Crippen molar-refractivity contribution in [1.82, 2.24) is 0 Å². The second kappa shape index (κ2) is 7.11. The minimum atomic E-state index is -0.934. The monoisotopic (exact) mass is 272 g/mol. The van der Waals surface area contributed by atoms with Gasteiger partial charge in [0.15, 0.2) is 0 Å². The summed E-state index contributed by atoms with van der Waals surface area (Å²) in [6.07, 6.45) is 0.867. The summed E-state index contributed by atoms with van der Waals surface area (Å²) in [6.45, 7) is 3.82. The van der Waals surface area contributed by atoms with Gasteiger partial charge in [0.1, 0.15) is 0 Å². The van der Waals surface area contributed by atoms with Gasteiger partial charge in [0.25, 0.3) is 0 Å². The number of ether oxygens (including phenoxy) is 2. The van der Waals surface area contributed by atoms with Gasteiger partial charge in [0, 0.05) is 0 Å². The van der Waals surface area contributed by atoms with Crippen LogP contribution in [-0.4, -0.2) is 36.2 Å². The highest BCUT2D eigenvalue weighted by atomic mass is 16.5. The van der Waals surface area contributed by atoms with Gasteiger partial charge in [-0.25, -0.2) is 0 Å². The molecule has 0 aromatic rings. The van der Waals surface area contributed by atoms with Gasteiger partial charge in [0.05, 0.1) is 31.0 Å². The second-order valence-electron chi connectivity index (χ2n) is 4.57. The minimum Gasteiger partial charge on any atom is -0.481 e. The van der Waals surface area contributed by atoms with Crippen molar-refractivity contribution >= 4 is 17.9 Å². The van der Waals surface area contributed by atoms with Gasteiger partial charge in [-0.15, -0.1) is 0 Å². The summed E-state index contributed by atoms with van der Waals surface area (Å²) in [7, 11) is 0. The molecule has 1 saturated carbocycles. The average Bonchev–Trinajstić information content (AvgIpc) is 2.38. The Morgan fingerprint density at radius 2 is 1.53 bits per heavy atom. The van der Waals surface area contributed by atoms with Crippen molar-refractivity contribution in [1.29, 1.82) is 0 Å². The van der Waals surface area contributed by atoms with E-state index in [-0.39, 0.29) is 19.6 Å². The quantitative estimate of drug-likeness (QED) is 0.757. The van der Waals surface area contributed by atoms with Crippen molar-refractivity contribution in [3.05, 3.63) is 0 Å². The molecule has 0 saturated heterocycles. The lowest BCUT2D eigenvalue weighted by atomic mass is 9.74. The van der Waals surface area contributed by atoms with Crippen molar-refractivity contribution in [3.63, 3.8) is 0 Å². The Balaban J connectivity index is 2.81. The van der Waals surface area contributed by atoms with Crippen molar-refractivity contribution in [2.24, 2.45) is 17.8 Å². The van der Waals surface area contributed by atoms with Crippen LogP contribution >= 0.6 is 0 Å². The summed E-state index contributed by atoms with van der Waals surface area (Å²) in [6, 6.07) is 0. The molecule has 1 aliphatic carbocycles. The van der Waals surface area contributed by atoms with E-state index in [1.165, 1.54) is 0 Å². The maximum absolute atomic E-state index is 11.9. The van der Waals surface area contributed by atoms with Crippen LogP contribution in [0.25, 0.3) is 0 Å². The summed E-state index contributed by atoms with van der Waals surface area (Å²) in [5.74, 6) is -3.78. The summed E-state index contributed by atoms with van der Waals surface area (Å²) >= 11 is 0. The molecule has 6 heteroatoms. The van der Waals surface area contributed by atoms with Crippen LogP contribution in [0.15, 0.2) is 0 Å². The number of aliphatic carboxylic acids is 1. The first-order valence-corrected chi connectivity index (χ1v) is 6.57. The molecule has 0 heterocycles. The number of hydrogen-bond acceptors (Lipinski definition) is 5. The van der Waals surface area contributed by atoms with Crippen molar-refractivity contribution in [2.45, 2.75) is 33.1 Å². The molecule has 0 radical (unpaired) electrons. The fourth-order valence-corrected chi connectivity index (χ4v) is 2.44. The number of carboxylic acid groups (broad SMARTS) is 1. The average molecular weight is 272 g/mol. The van der Waals surface area contributed by atoms with Gasteiger partial charge in [-0.05, 0) is 33.1 Å². The first-order valence-electron chi connectivity index (χ1n) is 6.57. The molecule has 19 heavy (non-hydrogen) atoms. The molecule has 1 aliphatic rings. The van der Waals surface area contributed by atoms with Crippen LogP contribution in [0.4, 0.5) is 0 Å². The molecule has 3 atom stereocenters. The number of esters is 2. The van der Waals surface area contributed by atoms with E-state index in [1.54, 1.807) is 13.8 Å². The predicted octanol–water partition coefficient (Wildman–Crippen LogP) is 1.23. The molecule has 1 rings (SSSR count). The SMILES string of the molecule is CCOC(=O)C1CCC(C(=O)O)CC1C(=O)OCC. The van der Waals surface area contributed by atoms with E-state index in [4.69, 9.17) is 14.6 Å². The molecule has 0 aromatic carbocycles. The van der Waals surface area contributed by atoms with E-state index >= 15 is 0 Å². The van der Waals surface area contributed by atoms with E-state index < -0.39 is 35.7 Å².